The highest BCUT2D eigenvalue weighted by molar-refractivity contribution is 6.36. The second-order valence-electron chi connectivity index (χ2n) is 5.37. The summed E-state index contributed by atoms with van der Waals surface area (Å²) in [6.45, 7) is 2.07. The average molecular weight is 396 g/mol. The van der Waals surface area contributed by atoms with Crippen molar-refractivity contribution in [1.82, 2.24) is 0 Å². The van der Waals surface area contributed by atoms with Crippen molar-refractivity contribution in [3.8, 4) is 5.75 Å². The monoisotopic (exact) mass is 395 g/mol. The van der Waals surface area contributed by atoms with Gasteiger partial charge in [0.2, 0.25) is 0 Å². The first kappa shape index (κ1) is 20.1. The number of ether oxygens (including phenoxy) is 2. The van der Waals surface area contributed by atoms with Crippen LogP contribution in [0.3, 0.4) is 0 Å². The Morgan fingerprint density at radius 3 is 2.62 bits per heavy atom. The molecular weight excluding hydrogens is 377 g/mol. The second-order valence-corrected chi connectivity index (χ2v) is 6.22. The van der Waals surface area contributed by atoms with Crippen LogP contribution in [0.2, 0.25) is 10.0 Å². The summed E-state index contributed by atoms with van der Waals surface area (Å²) in [6, 6.07) is 12.2. The van der Waals surface area contributed by atoms with Gasteiger partial charge in [0, 0.05) is 11.4 Å². The average Bonchev–Trinajstić information content (AvgIpc) is 2.62. The Hall–Kier alpha value is -2.24. The lowest BCUT2D eigenvalue weighted by Crippen LogP contribution is -2.21. The van der Waals surface area contributed by atoms with Crippen LogP contribution in [-0.2, 0) is 20.7 Å². The van der Waals surface area contributed by atoms with E-state index in [1.807, 2.05) is 31.2 Å². The van der Waals surface area contributed by atoms with Gasteiger partial charge < -0.3 is 14.8 Å². The van der Waals surface area contributed by atoms with Gasteiger partial charge in [-0.2, -0.15) is 0 Å². The quantitative estimate of drug-likeness (QED) is 0.667. The number of benzene rings is 2. The van der Waals surface area contributed by atoms with Crippen LogP contribution in [0, 0.1) is 0 Å². The Morgan fingerprint density at radius 2 is 1.88 bits per heavy atom. The van der Waals surface area contributed by atoms with Crippen molar-refractivity contribution in [1.29, 1.82) is 0 Å². The van der Waals surface area contributed by atoms with Crippen LogP contribution < -0.4 is 10.1 Å². The third-order valence-corrected chi connectivity index (χ3v) is 3.99. The molecule has 0 radical (unpaired) electrons. The van der Waals surface area contributed by atoms with Crippen molar-refractivity contribution >= 4 is 40.8 Å². The number of hydrogen-bond donors (Lipinski definition) is 1. The zero-order chi connectivity index (χ0) is 18.9. The zero-order valence-electron chi connectivity index (χ0n) is 14.3. The Labute approximate surface area is 162 Å². The molecule has 2 aromatic carbocycles. The highest BCUT2D eigenvalue weighted by atomic mass is 35.5. The van der Waals surface area contributed by atoms with Gasteiger partial charge in [-0.1, -0.05) is 41.4 Å². The largest absolute Gasteiger partial charge is 0.494 e. The normalized spacial score (nSPS) is 10.3. The molecule has 0 aliphatic heterocycles. The van der Waals surface area contributed by atoms with E-state index in [1.165, 1.54) is 6.07 Å². The number of hydrogen-bond acceptors (Lipinski definition) is 4. The molecule has 0 unspecified atom stereocenters. The van der Waals surface area contributed by atoms with Gasteiger partial charge in [-0.3, -0.25) is 9.59 Å². The van der Waals surface area contributed by atoms with Gasteiger partial charge >= 0.3 is 5.97 Å². The SMILES string of the molecule is CCOc1ccccc1CCC(=O)OCC(=O)Nc1ccc(Cl)cc1Cl. The van der Waals surface area contributed by atoms with Crippen molar-refractivity contribution in [3.05, 3.63) is 58.1 Å². The number of nitrogens with one attached hydrogen (secondary N) is 1. The van der Waals surface area contributed by atoms with Gasteiger partial charge in [0.15, 0.2) is 6.61 Å². The number of carbonyl (C=O) groups is 2. The van der Waals surface area contributed by atoms with Crippen LogP contribution in [0.25, 0.3) is 0 Å². The second kappa shape index (κ2) is 10.0. The van der Waals surface area contributed by atoms with Crippen LogP contribution in [0.15, 0.2) is 42.5 Å². The van der Waals surface area contributed by atoms with E-state index in [0.717, 1.165) is 11.3 Å². The smallest absolute Gasteiger partial charge is 0.306 e. The summed E-state index contributed by atoms with van der Waals surface area (Å²) in [4.78, 5) is 23.7. The molecule has 138 valence electrons. The fraction of sp³-hybridized carbons (Fsp3) is 0.263. The maximum atomic E-state index is 11.9. The number of rotatable bonds is 8. The predicted molar refractivity (Wildman–Crippen MR) is 102 cm³/mol. The molecular formula is C19H19Cl2NO4. The highest BCUT2D eigenvalue weighted by Gasteiger charge is 2.11. The van der Waals surface area contributed by atoms with E-state index in [2.05, 4.69) is 5.32 Å². The lowest BCUT2D eigenvalue weighted by atomic mass is 10.1. The third-order valence-electron chi connectivity index (χ3n) is 3.44. The predicted octanol–water partition coefficient (Wildman–Crippen LogP) is 4.51. The molecule has 0 bridgehead atoms. The molecule has 0 aromatic heterocycles. The first-order chi connectivity index (χ1) is 12.5. The van der Waals surface area contributed by atoms with Crippen LogP contribution in [0.4, 0.5) is 5.69 Å². The van der Waals surface area contributed by atoms with Crippen LogP contribution in [0.5, 0.6) is 5.75 Å². The van der Waals surface area contributed by atoms with E-state index >= 15 is 0 Å². The zero-order valence-corrected chi connectivity index (χ0v) is 15.8. The Kier molecular flexibility index (Phi) is 7.75. The number of esters is 1. The minimum atomic E-state index is -0.475. The molecule has 26 heavy (non-hydrogen) atoms. The maximum absolute atomic E-state index is 11.9. The fourth-order valence-corrected chi connectivity index (χ4v) is 2.69. The number of halogens is 2. The van der Waals surface area contributed by atoms with Crippen molar-refractivity contribution < 1.29 is 19.1 Å². The van der Waals surface area contributed by atoms with E-state index in [9.17, 15) is 9.59 Å². The fourth-order valence-electron chi connectivity index (χ4n) is 2.24. The summed E-state index contributed by atoms with van der Waals surface area (Å²) in [5, 5.41) is 3.34. The molecule has 0 saturated carbocycles. The lowest BCUT2D eigenvalue weighted by molar-refractivity contribution is -0.147. The summed E-state index contributed by atoms with van der Waals surface area (Å²) < 4.78 is 10.5. The molecule has 0 aliphatic carbocycles. The van der Waals surface area contributed by atoms with Gasteiger partial charge in [0.1, 0.15) is 5.75 Å². The molecule has 2 aromatic rings. The number of para-hydroxylation sites is 1. The molecule has 0 aliphatic rings. The number of carbonyl (C=O) groups excluding carboxylic acids is 2. The summed E-state index contributed by atoms with van der Waals surface area (Å²) >= 11 is 11.8. The van der Waals surface area contributed by atoms with E-state index in [-0.39, 0.29) is 13.0 Å². The minimum absolute atomic E-state index is 0.152. The highest BCUT2D eigenvalue weighted by Crippen LogP contribution is 2.25. The van der Waals surface area contributed by atoms with Gasteiger partial charge in [-0.05, 0) is 43.2 Å². The van der Waals surface area contributed by atoms with Crippen molar-refractivity contribution in [2.24, 2.45) is 0 Å². The van der Waals surface area contributed by atoms with E-state index < -0.39 is 11.9 Å². The summed E-state index contributed by atoms with van der Waals surface area (Å²) in [5.41, 5.74) is 1.33. The van der Waals surface area contributed by atoms with Crippen LogP contribution in [-0.4, -0.2) is 25.1 Å². The Balaban J connectivity index is 1.79. The molecule has 5 nitrogen and oxygen atoms in total. The summed E-state index contributed by atoms with van der Waals surface area (Å²) in [7, 11) is 0. The number of amides is 1. The van der Waals surface area contributed by atoms with Crippen molar-refractivity contribution in [2.75, 3.05) is 18.5 Å². The van der Waals surface area contributed by atoms with Gasteiger partial charge in [0.25, 0.3) is 5.91 Å². The maximum Gasteiger partial charge on any atom is 0.306 e. The summed E-state index contributed by atoms with van der Waals surface area (Å²) in [6.07, 6.45) is 0.624. The van der Waals surface area contributed by atoms with Crippen molar-refractivity contribution in [3.63, 3.8) is 0 Å². The topological polar surface area (TPSA) is 64.6 Å². The standard InChI is InChI=1S/C19H19Cl2NO4/c1-2-25-17-6-4-3-5-13(17)7-10-19(24)26-12-18(23)22-16-9-8-14(20)11-15(16)21/h3-6,8-9,11H,2,7,10,12H2,1H3,(H,22,23). The van der Waals surface area contributed by atoms with E-state index in [4.69, 9.17) is 32.7 Å². The Bertz CT molecular complexity index is 780. The van der Waals surface area contributed by atoms with Gasteiger partial charge in [-0.15, -0.1) is 0 Å². The van der Waals surface area contributed by atoms with Crippen LogP contribution in [0.1, 0.15) is 18.9 Å². The van der Waals surface area contributed by atoms with E-state index in [0.29, 0.717) is 28.8 Å². The van der Waals surface area contributed by atoms with E-state index in [1.54, 1.807) is 12.1 Å². The minimum Gasteiger partial charge on any atom is -0.494 e. The van der Waals surface area contributed by atoms with Crippen LogP contribution >= 0.6 is 23.2 Å². The van der Waals surface area contributed by atoms with Gasteiger partial charge in [-0.25, -0.2) is 0 Å². The molecule has 2 rings (SSSR count). The number of aryl methyl sites for hydroxylation is 1. The first-order valence-corrected chi connectivity index (χ1v) is 8.86. The van der Waals surface area contributed by atoms with Crippen molar-refractivity contribution in [2.45, 2.75) is 19.8 Å². The molecule has 0 spiro atoms. The molecule has 0 fully saturated rings. The number of anilines is 1. The molecule has 1 N–H and O–H groups in total. The molecule has 7 heteroatoms. The lowest BCUT2D eigenvalue weighted by Gasteiger charge is -2.10. The molecule has 0 atom stereocenters. The Morgan fingerprint density at radius 1 is 1.12 bits per heavy atom. The molecule has 0 saturated heterocycles. The third kappa shape index (κ3) is 6.24. The summed E-state index contributed by atoms with van der Waals surface area (Å²) in [5.74, 6) is -0.191. The van der Waals surface area contributed by atoms with Gasteiger partial charge in [0.05, 0.1) is 17.3 Å². The molecule has 0 heterocycles. The molecule has 1 amide bonds. The first-order valence-electron chi connectivity index (χ1n) is 8.10.